The number of hydrogen-bond donors (Lipinski definition) is 0. The van der Waals surface area contributed by atoms with Crippen LogP contribution >= 0.6 is 0 Å². The number of likely N-dealkylation sites (N-methyl/N-ethyl adjacent to an activating group) is 1. The summed E-state index contributed by atoms with van der Waals surface area (Å²) < 4.78 is 4.87. The highest BCUT2D eigenvalue weighted by atomic mass is 16.5. The van der Waals surface area contributed by atoms with Gasteiger partial charge in [0.15, 0.2) is 0 Å². The largest absolute Gasteiger partial charge is 0.463 e. The molecule has 0 saturated heterocycles. The standard InChI is InChI=1S/C12H23NO2/c1-6-10(3)8-13(5)9-11(4)12(14)15-7-2/h10H,4,6-9H2,1-3,5H3. The molecule has 0 saturated carbocycles. The minimum Gasteiger partial charge on any atom is -0.463 e. The second-order valence-electron chi connectivity index (χ2n) is 4.03. The number of nitrogens with zero attached hydrogens (tertiary/aromatic N) is 1. The molecule has 0 amide bonds. The van der Waals surface area contributed by atoms with E-state index in [1.54, 1.807) is 6.92 Å². The van der Waals surface area contributed by atoms with Crippen LogP contribution in [0.4, 0.5) is 0 Å². The van der Waals surface area contributed by atoms with Gasteiger partial charge >= 0.3 is 5.97 Å². The molecule has 0 rings (SSSR count). The number of carbonyl (C=O) groups is 1. The number of rotatable bonds is 7. The van der Waals surface area contributed by atoms with Crippen molar-refractivity contribution in [2.24, 2.45) is 5.92 Å². The molecule has 0 radical (unpaired) electrons. The SMILES string of the molecule is C=C(CN(C)CC(C)CC)C(=O)OCC. The molecule has 0 N–H and O–H groups in total. The highest BCUT2D eigenvalue weighted by Gasteiger charge is 2.11. The summed E-state index contributed by atoms with van der Waals surface area (Å²) in [6.07, 6.45) is 1.15. The summed E-state index contributed by atoms with van der Waals surface area (Å²) in [5.74, 6) is 0.360. The zero-order chi connectivity index (χ0) is 11.8. The minimum atomic E-state index is -0.284. The number of carbonyl (C=O) groups excluding carboxylic acids is 1. The summed E-state index contributed by atoms with van der Waals surface area (Å²) in [5, 5.41) is 0. The van der Waals surface area contributed by atoms with Crippen molar-refractivity contribution in [2.45, 2.75) is 27.2 Å². The van der Waals surface area contributed by atoms with Gasteiger partial charge in [0.05, 0.1) is 6.61 Å². The van der Waals surface area contributed by atoms with Gasteiger partial charge in [-0.3, -0.25) is 0 Å². The smallest absolute Gasteiger partial charge is 0.334 e. The fourth-order valence-corrected chi connectivity index (χ4v) is 1.35. The summed E-state index contributed by atoms with van der Waals surface area (Å²) in [5.41, 5.74) is 0.530. The lowest BCUT2D eigenvalue weighted by molar-refractivity contribution is -0.138. The van der Waals surface area contributed by atoms with Gasteiger partial charge in [-0.05, 0) is 19.9 Å². The predicted molar refractivity (Wildman–Crippen MR) is 62.7 cm³/mol. The topological polar surface area (TPSA) is 29.5 Å². The van der Waals surface area contributed by atoms with Crippen molar-refractivity contribution in [1.29, 1.82) is 0 Å². The summed E-state index contributed by atoms with van der Waals surface area (Å²) in [6.45, 7) is 11.9. The lowest BCUT2D eigenvalue weighted by Gasteiger charge is -2.20. The molecule has 0 aliphatic rings. The van der Waals surface area contributed by atoms with Gasteiger partial charge in [0.2, 0.25) is 0 Å². The van der Waals surface area contributed by atoms with Crippen LogP contribution in [0.5, 0.6) is 0 Å². The molecule has 1 atom stereocenters. The molecule has 15 heavy (non-hydrogen) atoms. The fourth-order valence-electron chi connectivity index (χ4n) is 1.35. The Morgan fingerprint density at radius 1 is 1.47 bits per heavy atom. The van der Waals surface area contributed by atoms with E-state index in [2.05, 4.69) is 25.3 Å². The molecule has 3 heteroatoms. The van der Waals surface area contributed by atoms with Crippen molar-refractivity contribution in [3.05, 3.63) is 12.2 Å². The first kappa shape index (κ1) is 14.2. The Balaban J connectivity index is 3.90. The molecule has 88 valence electrons. The van der Waals surface area contributed by atoms with Crippen LogP contribution in [0.15, 0.2) is 12.2 Å². The summed E-state index contributed by atoms with van der Waals surface area (Å²) in [4.78, 5) is 13.4. The van der Waals surface area contributed by atoms with Crippen LogP contribution in [0.3, 0.4) is 0 Å². The Bertz CT molecular complexity index is 214. The zero-order valence-corrected chi connectivity index (χ0v) is 10.4. The van der Waals surface area contributed by atoms with Gasteiger partial charge in [-0.25, -0.2) is 4.79 Å². The molecule has 0 aromatic heterocycles. The Morgan fingerprint density at radius 3 is 2.53 bits per heavy atom. The molecule has 0 aliphatic heterocycles. The van der Waals surface area contributed by atoms with E-state index in [1.807, 2.05) is 7.05 Å². The summed E-state index contributed by atoms with van der Waals surface area (Å²) in [6, 6.07) is 0. The highest BCUT2D eigenvalue weighted by molar-refractivity contribution is 5.88. The molecule has 0 spiro atoms. The first-order valence-corrected chi connectivity index (χ1v) is 5.54. The molecule has 0 heterocycles. The van der Waals surface area contributed by atoms with E-state index in [0.717, 1.165) is 13.0 Å². The van der Waals surface area contributed by atoms with E-state index in [9.17, 15) is 4.79 Å². The average Bonchev–Trinajstić information content (AvgIpc) is 2.17. The van der Waals surface area contributed by atoms with Crippen LogP contribution in [0.1, 0.15) is 27.2 Å². The Kier molecular flexibility index (Phi) is 7.05. The third-order valence-corrected chi connectivity index (χ3v) is 2.35. The normalized spacial score (nSPS) is 12.6. The maximum absolute atomic E-state index is 11.3. The van der Waals surface area contributed by atoms with Crippen molar-refractivity contribution in [2.75, 3.05) is 26.7 Å². The van der Waals surface area contributed by atoms with Gasteiger partial charge in [-0.2, -0.15) is 0 Å². The number of hydrogen-bond acceptors (Lipinski definition) is 3. The molecule has 0 aromatic carbocycles. The summed E-state index contributed by atoms with van der Waals surface area (Å²) >= 11 is 0. The van der Waals surface area contributed by atoms with Crippen LogP contribution in [0.2, 0.25) is 0 Å². The van der Waals surface area contributed by atoms with E-state index in [0.29, 0.717) is 24.6 Å². The van der Waals surface area contributed by atoms with Gasteiger partial charge in [0, 0.05) is 18.7 Å². The molecule has 0 aromatic rings. The molecular formula is C12H23NO2. The van der Waals surface area contributed by atoms with Crippen molar-refractivity contribution >= 4 is 5.97 Å². The number of esters is 1. The predicted octanol–water partition coefficient (Wildman–Crippen LogP) is 2.08. The quantitative estimate of drug-likeness (QED) is 0.479. The van der Waals surface area contributed by atoms with Crippen molar-refractivity contribution in [3.8, 4) is 0 Å². The van der Waals surface area contributed by atoms with Crippen LogP contribution in [-0.4, -0.2) is 37.6 Å². The maximum atomic E-state index is 11.3. The Morgan fingerprint density at radius 2 is 2.07 bits per heavy atom. The second-order valence-corrected chi connectivity index (χ2v) is 4.03. The average molecular weight is 213 g/mol. The third kappa shape index (κ3) is 6.28. The monoisotopic (exact) mass is 213 g/mol. The second kappa shape index (κ2) is 7.46. The van der Waals surface area contributed by atoms with E-state index >= 15 is 0 Å². The van der Waals surface area contributed by atoms with Gasteiger partial charge in [0.25, 0.3) is 0 Å². The molecule has 3 nitrogen and oxygen atoms in total. The van der Waals surface area contributed by atoms with Crippen LogP contribution in [0.25, 0.3) is 0 Å². The van der Waals surface area contributed by atoms with E-state index in [4.69, 9.17) is 4.74 Å². The third-order valence-electron chi connectivity index (χ3n) is 2.35. The molecular weight excluding hydrogens is 190 g/mol. The highest BCUT2D eigenvalue weighted by Crippen LogP contribution is 2.05. The van der Waals surface area contributed by atoms with E-state index < -0.39 is 0 Å². The van der Waals surface area contributed by atoms with Gasteiger partial charge in [0.1, 0.15) is 0 Å². The zero-order valence-electron chi connectivity index (χ0n) is 10.4. The van der Waals surface area contributed by atoms with Crippen molar-refractivity contribution in [3.63, 3.8) is 0 Å². The van der Waals surface area contributed by atoms with Gasteiger partial charge in [-0.15, -0.1) is 0 Å². The summed E-state index contributed by atoms with van der Waals surface area (Å²) in [7, 11) is 2.00. The molecule has 0 bridgehead atoms. The van der Waals surface area contributed by atoms with Gasteiger partial charge in [-0.1, -0.05) is 26.8 Å². The first-order valence-electron chi connectivity index (χ1n) is 5.54. The van der Waals surface area contributed by atoms with Crippen LogP contribution in [0, 0.1) is 5.92 Å². The molecule has 1 unspecified atom stereocenters. The fraction of sp³-hybridized carbons (Fsp3) is 0.750. The Labute approximate surface area is 93.1 Å². The van der Waals surface area contributed by atoms with Crippen LogP contribution < -0.4 is 0 Å². The van der Waals surface area contributed by atoms with E-state index in [-0.39, 0.29) is 5.97 Å². The lowest BCUT2D eigenvalue weighted by atomic mass is 10.1. The maximum Gasteiger partial charge on any atom is 0.334 e. The number of ether oxygens (including phenoxy) is 1. The van der Waals surface area contributed by atoms with Crippen molar-refractivity contribution in [1.82, 2.24) is 4.90 Å². The van der Waals surface area contributed by atoms with Crippen molar-refractivity contribution < 1.29 is 9.53 Å². The first-order chi connectivity index (χ1) is 7.01. The molecule has 0 fully saturated rings. The van der Waals surface area contributed by atoms with Crippen LogP contribution in [-0.2, 0) is 9.53 Å². The Hall–Kier alpha value is -0.830. The lowest BCUT2D eigenvalue weighted by Crippen LogP contribution is -2.28. The van der Waals surface area contributed by atoms with Gasteiger partial charge < -0.3 is 9.64 Å². The van der Waals surface area contributed by atoms with E-state index in [1.165, 1.54) is 0 Å². The minimum absolute atomic E-state index is 0.284. The molecule has 0 aliphatic carbocycles.